The number of alkyl carbamates (subject to hydrolysis) is 2. The lowest BCUT2D eigenvalue weighted by Gasteiger charge is -2.48. The van der Waals surface area contributed by atoms with Crippen LogP contribution in [-0.2, 0) is 39.9 Å². The summed E-state index contributed by atoms with van der Waals surface area (Å²) in [5.41, 5.74) is -0.0421. The van der Waals surface area contributed by atoms with Crippen molar-refractivity contribution in [2.45, 2.75) is 146 Å². The van der Waals surface area contributed by atoms with Gasteiger partial charge < -0.3 is 69.6 Å². The van der Waals surface area contributed by atoms with Crippen LogP contribution in [0.3, 0.4) is 0 Å². The molecule has 2 heterocycles. The summed E-state index contributed by atoms with van der Waals surface area (Å²) in [6, 6.07) is 13.5. The Morgan fingerprint density at radius 1 is 0.823 bits per heavy atom. The molecular formula is C43H62N4O15. The number of hydrogen-bond donors (Lipinski definition) is 7. The van der Waals surface area contributed by atoms with Gasteiger partial charge in [0.05, 0.1) is 43.0 Å². The van der Waals surface area contributed by atoms with Gasteiger partial charge in [0.1, 0.15) is 42.7 Å². The molecule has 3 aliphatic rings. The Bertz CT molecular complexity index is 1740. The van der Waals surface area contributed by atoms with E-state index < -0.39 is 97.7 Å². The monoisotopic (exact) mass is 874 g/mol. The minimum absolute atomic E-state index is 0.0170. The van der Waals surface area contributed by atoms with Crippen molar-refractivity contribution in [3.05, 3.63) is 71.8 Å². The zero-order valence-corrected chi connectivity index (χ0v) is 35.8. The van der Waals surface area contributed by atoms with E-state index in [-0.39, 0.29) is 50.1 Å². The maximum absolute atomic E-state index is 14.3. The Kier molecular flexibility index (Phi) is 17.7. The van der Waals surface area contributed by atoms with Crippen molar-refractivity contribution in [1.82, 2.24) is 21.0 Å². The van der Waals surface area contributed by atoms with Crippen molar-refractivity contribution in [1.29, 1.82) is 0 Å². The molecule has 2 aromatic carbocycles. The Hall–Kier alpha value is -4.60. The molecule has 5 rings (SSSR count). The van der Waals surface area contributed by atoms with Gasteiger partial charge in [-0.15, -0.1) is 0 Å². The number of urea groups is 1. The van der Waals surface area contributed by atoms with Crippen molar-refractivity contribution in [3.63, 3.8) is 0 Å². The van der Waals surface area contributed by atoms with Crippen molar-refractivity contribution in [2.24, 2.45) is 5.92 Å². The summed E-state index contributed by atoms with van der Waals surface area (Å²) >= 11 is 0. The molecule has 1 saturated carbocycles. The Morgan fingerprint density at radius 2 is 1.47 bits per heavy atom. The predicted molar refractivity (Wildman–Crippen MR) is 219 cm³/mol. The third-order valence-electron chi connectivity index (χ3n) is 10.7. The van der Waals surface area contributed by atoms with E-state index >= 15 is 0 Å². The summed E-state index contributed by atoms with van der Waals surface area (Å²) in [5.74, 6) is -1.02. The summed E-state index contributed by atoms with van der Waals surface area (Å²) < 4.78 is 35.6. The summed E-state index contributed by atoms with van der Waals surface area (Å²) in [6.07, 6.45) is -10.4. The normalized spacial score (nSPS) is 30.0. The minimum atomic E-state index is -1.68. The number of benzene rings is 2. The van der Waals surface area contributed by atoms with E-state index in [9.17, 15) is 39.6 Å². The summed E-state index contributed by atoms with van der Waals surface area (Å²) in [7, 11) is 0. The molecule has 62 heavy (non-hydrogen) atoms. The number of aliphatic hydroxyl groups is 4. The highest BCUT2D eigenvalue weighted by molar-refractivity contribution is 5.90. The maximum Gasteiger partial charge on any atom is 0.407 e. The smallest absolute Gasteiger partial charge is 0.407 e. The van der Waals surface area contributed by atoms with Gasteiger partial charge >= 0.3 is 24.2 Å². The number of aliphatic hydroxyl groups excluding tert-OH is 4. The molecule has 4 amide bonds. The number of nitrogens with one attached hydrogen (secondary N) is 3. The molecule has 2 aliphatic heterocycles. The van der Waals surface area contributed by atoms with Gasteiger partial charge in [0.25, 0.3) is 0 Å². The van der Waals surface area contributed by atoms with Crippen LogP contribution in [0.5, 0.6) is 0 Å². The largest absolute Gasteiger partial charge is 0.445 e. The second-order valence-electron chi connectivity index (χ2n) is 16.8. The molecule has 12 atom stereocenters. The van der Waals surface area contributed by atoms with Crippen LogP contribution in [0.2, 0.25) is 0 Å². The number of carbonyl (C=O) groups excluding carboxylic acids is 4. The van der Waals surface area contributed by atoms with Gasteiger partial charge in [-0.05, 0) is 64.2 Å². The molecule has 0 bridgehead atoms. The fourth-order valence-corrected chi connectivity index (χ4v) is 7.38. The molecule has 12 unspecified atom stereocenters. The number of ether oxygens (including phenoxy) is 6. The van der Waals surface area contributed by atoms with Crippen LogP contribution in [-0.4, -0.2) is 142 Å². The van der Waals surface area contributed by atoms with Gasteiger partial charge in [0.15, 0.2) is 12.6 Å². The Morgan fingerprint density at radius 3 is 2.11 bits per heavy atom. The standard InChI is InChI=1S/C43H62N4O15/c1-6-28-18-17-25(2)38(57-28)59-36-30(46-42(55)61-43(3,4)5)21-29(35(34(36)51)60-39-32(50)22-31(49)33(23-48)58-39)45-40(53)47(62-37(52)27-15-11-8-12-16-27)20-19-44-41(54)56-24-26-13-9-7-10-14-26/h7-16,25,28-36,38-39,48-51H,6,17-24H2,1-5H3,(H,44,54)(H,45,53)(H,46,55). The van der Waals surface area contributed by atoms with Crippen molar-refractivity contribution < 1.29 is 72.9 Å². The number of nitrogens with zero attached hydrogens (tertiary/aromatic N) is 1. The molecular weight excluding hydrogens is 812 g/mol. The van der Waals surface area contributed by atoms with E-state index in [4.69, 9.17) is 33.3 Å². The second kappa shape index (κ2) is 22.7. The molecule has 344 valence electrons. The lowest BCUT2D eigenvalue weighted by atomic mass is 9.83. The molecule has 3 fully saturated rings. The van der Waals surface area contributed by atoms with Crippen LogP contribution in [0.4, 0.5) is 14.4 Å². The first kappa shape index (κ1) is 48.4. The average molecular weight is 875 g/mol. The summed E-state index contributed by atoms with van der Waals surface area (Å²) in [5, 5.41) is 52.3. The number of hydrogen-bond acceptors (Lipinski definition) is 15. The summed E-state index contributed by atoms with van der Waals surface area (Å²) in [6.45, 7) is 7.72. The number of carbonyl (C=O) groups is 4. The summed E-state index contributed by atoms with van der Waals surface area (Å²) in [4.78, 5) is 59.1. The van der Waals surface area contributed by atoms with Crippen molar-refractivity contribution >= 4 is 24.2 Å². The van der Waals surface area contributed by atoms with Gasteiger partial charge in [-0.3, -0.25) is 0 Å². The molecule has 0 spiro atoms. The third-order valence-corrected chi connectivity index (χ3v) is 10.7. The van der Waals surface area contributed by atoms with E-state index in [2.05, 4.69) is 16.0 Å². The molecule has 0 aromatic heterocycles. The fourth-order valence-electron chi connectivity index (χ4n) is 7.38. The van der Waals surface area contributed by atoms with Gasteiger partial charge in [-0.1, -0.05) is 62.4 Å². The fraction of sp³-hybridized carbons (Fsp3) is 0.628. The van der Waals surface area contributed by atoms with Crippen molar-refractivity contribution in [3.8, 4) is 0 Å². The maximum atomic E-state index is 14.3. The van der Waals surface area contributed by atoms with E-state index in [1.54, 1.807) is 63.2 Å². The van der Waals surface area contributed by atoms with Crippen LogP contribution < -0.4 is 16.0 Å². The zero-order valence-electron chi connectivity index (χ0n) is 35.8. The first-order chi connectivity index (χ1) is 29.5. The molecule has 7 N–H and O–H groups in total. The Labute approximate surface area is 361 Å². The third kappa shape index (κ3) is 14.0. The number of amides is 4. The molecule has 1 aliphatic carbocycles. The van der Waals surface area contributed by atoms with Gasteiger partial charge in [-0.2, -0.15) is 5.06 Å². The Balaban J connectivity index is 1.42. The van der Waals surface area contributed by atoms with Crippen LogP contribution in [0.15, 0.2) is 60.7 Å². The van der Waals surface area contributed by atoms with E-state index in [1.807, 2.05) is 19.9 Å². The highest BCUT2D eigenvalue weighted by Crippen LogP contribution is 2.34. The van der Waals surface area contributed by atoms with Gasteiger partial charge in [-0.25, -0.2) is 19.2 Å². The SMILES string of the molecule is CCC1CCC(C)C(OC2C(NC(=O)OC(C)(C)C)CC(NC(=O)N(CCNC(=O)OCc3ccccc3)OC(=O)c3ccccc3)C(OC3OC(CO)C(O)CC3O)C2O)O1. The van der Waals surface area contributed by atoms with Gasteiger partial charge in [0, 0.05) is 18.9 Å². The average Bonchev–Trinajstić information content (AvgIpc) is 3.23. The van der Waals surface area contributed by atoms with E-state index in [0.717, 1.165) is 18.4 Å². The van der Waals surface area contributed by atoms with Crippen LogP contribution in [0.25, 0.3) is 0 Å². The van der Waals surface area contributed by atoms with Crippen LogP contribution in [0, 0.1) is 5.92 Å². The van der Waals surface area contributed by atoms with Crippen LogP contribution >= 0.6 is 0 Å². The van der Waals surface area contributed by atoms with Gasteiger partial charge in [0.2, 0.25) is 0 Å². The molecule has 2 aromatic rings. The predicted octanol–water partition coefficient (Wildman–Crippen LogP) is 2.87. The molecule has 0 radical (unpaired) electrons. The van der Waals surface area contributed by atoms with Crippen LogP contribution in [0.1, 0.15) is 82.6 Å². The minimum Gasteiger partial charge on any atom is -0.445 e. The zero-order chi connectivity index (χ0) is 45.0. The van der Waals surface area contributed by atoms with Crippen molar-refractivity contribution in [2.75, 3.05) is 19.7 Å². The first-order valence-corrected chi connectivity index (χ1v) is 21.1. The lowest BCUT2D eigenvalue weighted by Crippen LogP contribution is -2.68. The molecule has 19 nitrogen and oxygen atoms in total. The lowest BCUT2D eigenvalue weighted by molar-refractivity contribution is -0.313. The van der Waals surface area contributed by atoms with E-state index in [0.29, 0.717) is 11.5 Å². The number of hydroxylamine groups is 2. The quantitative estimate of drug-likeness (QED) is 0.135. The highest BCUT2D eigenvalue weighted by Gasteiger charge is 2.51. The highest BCUT2D eigenvalue weighted by atomic mass is 16.7. The first-order valence-electron chi connectivity index (χ1n) is 21.1. The second-order valence-corrected chi connectivity index (χ2v) is 16.8. The molecule has 2 saturated heterocycles. The number of rotatable bonds is 14. The molecule has 19 heteroatoms. The van der Waals surface area contributed by atoms with E-state index in [1.165, 1.54) is 12.1 Å². The topological polar surface area (TPSA) is 253 Å².